The largest absolute Gasteiger partial charge is 0.286 e. The fraction of sp³-hybridized carbons (Fsp3) is 0.143. The summed E-state index contributed by atoms with van der Waals surface area (Å²) in [7, 11) is 0. The van der Waals surface area contributed by atoms with Crippen LogP contribution in [-0.2, 0) is 19.6 Å². The number of aromatic nitrogens is 5. The normalized spacial score (nSPS) is 11.0. The smallest absolute Gasteiger partial charge is 0.0786 e. The first-order valence-electron chi connectivity index (χ1n) is 8.86. The van der Waals surface area contributed by atoms with Crippen LogP contribution in [0.4, 0.5) is 0 Å². The van der Waals surface area contributed by atoms with Crippen molar-refractivity contribution in [3.63, 3.8) is 0 Å². The van der Waals surface area contributed by atoms with Gasteiger partial charge in [0.2, 0.25) is 0 Å². The molecule has 0 bridgehead atoms. The molecule has 0 saturated carbocycles. The lowest BCUT2D eigenvalue weighted by Gasteiger charge is -2.21. The zero-order chi connectivity index (χ0) is 18.3. The summed E-state index contributed by atoms with van der Waals surface area (Å²) >= 11 is 0. The van der Waals surface area contributed by atoms with Crippen LogP contribution in [-0.4, -0.2) is 29.9 Å². The number of rotatable bonds is 7. The monoisotopic (exact) mass is 356 g/mol. The van der Waals surface area contributed by atoms with Crippen molar-refractivity contribution < 1.29 is 0 Å². The van der Waals surface area contributed by atoms with Gasteiger partial charge in [-0.25, -0.2) is 4.68 Å². The van der Waals surface area contributed by atoms with Gasteiger partial charge in [0.1, 0.15) is 0 Å². The Bertz CT molecular complexity index is 912. The van der Waals surface area contributed by atoms with E-state index in [4.69, 9.17) is 0 Å². The fourth-order valence-electron chi connectivity index (χ4n) is 2.99. The van der Waals surface area contributed by atoms with Crippen molar-refractivity contribution in [2.45, 2.75) is 19.6 Å². The van der Waals surface area contributed by atoms with Crippen LogP contribution >= 0.6 is 0 Å². The molecule has 0 spiro atoms. The molecule has 0 aliphatic carbocycles. The maximum absolute atomic E-state index is 4.47. The van der Waals surface area contributed by atoms with Gasteiger partial charge in [-0.05, 0) is 36.4 Å². The topological polar surface area (TPSA) is 59.7 Å². The van der Waals surface area contributed by atoms with Crippen LogP contribution in [0.5, 0.6) is 0 Å². The van der Waals surface area contributed by atoms with Crippen molar-refractivity contribution in [3.8, 4) is 5.69 Å². The van der Waals surface area contributed by atoms with Crippen LogP contribution in [0, 0.1) is 0 Å². The highest BCUT2D eigenvalue weighted by molar-refractivity contribution is 5.31. The number of nitrogens with zero attached hydrogens (tertiary/aromatic N) is 6. The van der Waals surface area contributed by atoms with Gasteiger partial charge in [0, 0.05) is 32.0 Å². The van der Waals surface area contributed by atoms with Gasteiger partial charge in [0.25, 0.3) is 0 Å². The highest BCUT2D eigenvalue weighted by atomic mass is 15.4. The van der Waals surface area contributed by atoms with Crippen LogP contribution in [0.1, 0.15) is 17.1 Å². The van der Waals surface area contributed by atoms with Crippen molar-refractivity contribution in [3.05, 3.63) is 102 Å². The van der Waals surface area contributed by atoms with Crippen molar-refractivity contribution >= 4 is 0 Å². The van der Waals surface area contributed by atoms with Gasteiger partial charge in [0.05, 0.1) is 29.0 Å². The molecule has 0 amide bonds. The maximum Gasteiger partial charge on any atom is 0.0786 e. The third kappa shape index (κ3) is 4.43. The van der Waals surface area contributed by atoms with E-state index in [2.05, 4.69) is 25.2 Å². The molecule has 3 heterocycles. The lowest BCUT2D eigenvalue weighted by atomic mass is 10.2. The SMILES string of the molecule is c1ccc(-n2nncc2CN(Cc2ccccn2)Cc2ccccn2)cc1. The summed E-state index contributed by atoms with van der Waals surface area (Å²) in [5.74, 6) is 0. The number of hydrogen-bond donors (Lipinski definition) is 0. The first kappa shape index (κ1) is 17.1. The third-order valence-electron chi connectivity index (χ3n) is 4.23. The molecule has 0 atom stereocenters. The molecule has 0 radical (unpaired) electrons. The average molecular weight is 356 g/mol. The molecule has 1 aromatic carbocycles. The molecule has 0 fully saturated rings. The fourth-order valence-corrected chi connectivity index (χ4v) is 2.99. The summed E-state index contributed by atoms with van der Waals surface area (Å²) < 4.78 is 1.88. The van der Waals surface area contributed by atoms with Gasteiger partial charge >= 0.3 is 0 Å². The molecule has 0 aliphatic rings. The number of hydrogen-bond acceptors (Lipinski definition) is 5. The summed E-state index contributed by atoms with van der Waals surface area (Å²) in [6.45, 7) is 2.13. The Hall–Kier alpha value is -3.38. The van der Waals surface area contributed by atoms with E-state index in [0.717, 1.165) is 35.9 Å². The Morgan fingerprint density at radius 1 is 0.704 bits per heavy atom. The summed E-state index contributed by atoms with van der Waals surface area (Å²) in [4.78, 5) is 11.2. The minimum Gasteiger partial charge on any atom is -0.286 e. The van der Waals surface area contributed by atoms with Gasteiger partial charge in [-0.1, -0.05) is 35.5 Å². The van der Waals surface area contributed by atoms with E-state index in [9.17, 15) is 0 Å². The highest BCUT2D eigenvalue weighted by Crippen LogP contribution is 2.14. The molecule has 27 heavy (non-hydrogen) atoms. The van der Waals surface area contributed by atoms with Gasteiger partial charge in [-0.15, -0.1) is 5.10 Å². The molecular weight excluding hydrogens is 336 g/mol. The molecule has 0 aliphatic heterocycles. The molecule has 3 aromatic heterocycles. The van der Waals surface area contributed by atoms with Crippen LogP contribution in [0.25, 0.3) is 5.69 Å². The predicted molar refractivity (Wildman–Crippen MR) is 103 cm³/mol. The van der Waals surface area contributed by atoms with E-state index in [1.165, 1.54) is 0 Å². The van der Waals surface area contributed by atoms with Crippen molar-refractivity contribution in [2.75, 3.05) is 0 Å². The zero-order valence-corrected chi connectivity index (χ0v) is 14.9. The molecule has 134 valence electrons. The van der Waals surface area contributed by atoms with Crippen LogP contribution < -0.4 is 0 Å². The molecule has 4 aromatic rings. The minimum atomic E-state index is 0.690. The van der Waals surface area contributed by atoms with Crippen LogP contribution in [0.2, 0.25) is 0 Å². The summed E-state index contributed by atoms with van der Waals surface area (Å²) in [6.07, 6.45) is 5.46. The van der Waals surface area contributed by atoms with E-state index < -0.39 is 0 Å². The minimum absolute atomic E-state index is 0.690. The van der Waals surface area contributed by atoms with Gasteiger partial charge in [0.15, 0.2) is 0 Å². The lowest BCUT2D eigenvalue weighted by Crippen LogP contribution is -2.24. The van der Waals surface area contributed by atoms with E-state index in [1.807, 2.05) is 90.0 Å². The second-order valence-electron chi connectivity index (χ2n) is 6.26. The molecule has 4 rings (SSSR count). The molecule has 0 unspecified atom stereocenters. The second kappa shape index (κ2) is 8.33. The van der Waals surface area contributed by atoms with Crippen LogP contribution in [0.15, 0.2) is 85.3 Å². The standard InChI is InChI=1S/C21H20N6/c1-2-10-20(11-3-1)27-21(14-24-25-27)17-26(15-18-8-4-6-12-22-18)16-19-9-5-7-13-23-19/h1-14H,15-17H2. The number of benzene rings is 1. The molecule has 6 nitrogen and oxygen atoms in total. The predicted octanol–water partition coefficient (Wildman–Crippen LogP) is 3.26. The van der Waals surface area contributed by atoms with Crippen molar-refractivity contribution in [1.82, 2.24) is 29.9 Å². The second-order valence-corrected chi connectivity index (χ2v) is 6.26. The Morgan fingerprint density at radius 3 is 1.93 bits per heavy atom. The molecular formula is C21H20N6. The van der Waals surface area contributed by atoms with Crippen molar-refractivity contribution in [1.29, 1.82) is 0 Å². The summed E-state index contributed by atoms with van der Waals surface area (Å²) in [5, 5.41) is 8.38. The average Bonchev–Trinajstić information content (AvgIpc) is 3.18. The van der Waals surface area contributed by atoms with Gasteiger partial charge < -0.3 is 0 Å². The molecule has 0 saturated heterocycles. The van der Waals surface area contributed by atoms with E-state index >= 15 is 0 Å². The summed E-state index contributed by atoms with van der Waals surface area (Å²) in [5.41, 5.74) is 4.06. The number of para-hydroxylation sites is 1. The van der Waals surface area contributed by atoms with Gasteiger partial charge in [-0.2, -0.15) is 0 Å². The lowest BCUT2D eigenvalue weighted by molar-refractivity contribution is 0.236. The molecule has 0 N–H and O–H groups in total. The van der Waals surface area contributed by atoms with E-state index in [-0.39, 0.29) is 0 Å². The molecule has 6 heteroatoms. The first-order valence-corrected chi connectivity index (χ1v) is 8.86. The number of pyridine rings is 2. The highest BCUT2D eigenvalue weighted by Gasteiger charge is 2.14. The van der Waals surface area contributed by atoms with E-state index in [0.29, 0.717) is 6.54 Å². The van der Waals surface area contributed by atoms with Crippen molar-refractivity contribution in [2.24, 2.45) is 0 Å². The maximum atomic E-state index is 4.47. The van der Waals surface area contributed by atoms with E-state index in [1.54, 1.807) is 0 Å². The third-order valence-corrected chi connectivity index (χ3v) is 4.23. The van der Waals surface area contributed by atoms with Crippen LogP contribution in [0.3, 0.4) is 0 Å². The first-order chi connectivity index (χ1) is 13.4. The van der Waals surface area contributed by atoms with Gasteiger partial charge in [-0.3, -0.25) is 14.9 Å². The zero-order valence-electron chi connectivity index (χ0n) is 14.9. The quantitative estimate of drug-likeness (QED) is 0.509. The Balaban J connectivity index is 1.59. The Labute approximate surface area is 158 Å². The Kier molecular flexibility index (Phi) is 5.26. The Morgan fingerprint density at radius 2 is 1.33 bits per heavy atom. The summed E-state index contributed by atoms with van der Waals surface area (Å²) in [6, 6.07) is 22.0.